The maximum atomic E-state index is 12.7. The summed E-state index contributed by atoms with van der Waals surface area (Å²) in [5.41, 5.74) is 0.887. The van der Waals surface area contributed by atoms with Crippen LogP contribution in [-0.4, -0.2) is 21.0 Å². The van der Waals surface area contributed by atoms with Gasteiger partial charge in [0, 0.05) is 22.7 Å². The molecule has 3 aromatic rings. The fraction of sp³-hybridized carbons (Fsp3) is 0.0476. The molecule has 1 aromatic heterocycles. The second-order valence-corrected chi connectivity index (χ2v) is 8.29. The second kappa shape index (κ2) is 8.58. The number of furan rings is 1. The number of carbonyl (C=O) groups excluding carboxylic acids is 2. The van der Waals surface area contributed by atoms with E-state index in [0.29, 0.717) is 27.7 Å². The summed E-state index contributed by atoms with van der Waals surface area (Å²) in [6.07, 6.45) is 1.46. The number of nitro benzene ring substituents is 1. The van der Waals surface area contributed by atoms with Crippen molar-refractivity contribution in [2.75, 3.05) is 0 Å². The Labute approximate surface area is 190 Å². The number of carbonyl (C=O) groups is 2. The first-order valence-corrected chi connectivity index (χ1v) is 10.4. The minimum absolute atomic E-state index is 0.0210. The highest BCUT2D eigenvalue weighted by Gasteiger charge is 2.35. The number of hydrogen-bond acceptors (Lipinski definition) is 6. The Morgan fingerprint density at radius 1 is 1.06 bits per heavy atom. The third-order valence-electron chi connectivity index (χ3n) is 4.49. The lowest BCUT2D eigenvalue weighted by Crippen LogP contribution is -2.27. The summed E-state index contributed by atoms with van der Waals surface area (Å²) in [4.78, 5) is 36.9. The van der Waals surface area contributed by atoms with Crippen molar-refractivity contribution in [2.45, 2.75) is 6.54 Å². The van der Waals surface area contributed by atoms with Crippen LogP contribution in [0.1, 0.15) is 11.3 Å². The Hall–Kier alpha value is -3.07. The molecule has 1 aliphatic rings. The number of nitro groups is 1. The van der Waals surface area contributed by atoms with Gasteiger partial charge in [0.2, 0.25) is 0 Å². The number of thioether (sulfide) groups is 1. The van der Waals surface area contributed by atoms with Crippen LogP contribution in [0, 0.1) is 10.1 Å². The number of halogens is 2. The van der Waals surface area contributed by atoms with Crippen LogP contribution in [0.5, 0.6) is 0 Å². The van der Waals surface area contributed by atoms with Crippen molar-refractivity contribution in [3.63, 3.8) is 0 Å². The van der Waals surface area contributed by atoms with E-state index in [-0.39, 0.29) is 22.2 Å². The highest BCUT2D eigenvalue weighted by Crippen LogP contribution is 2.36. The van der Waals surface area contributed by atoms with Gasteiger partial charge in [-0.25, -0.2) is 0 Å². The number of benzene rings is 2. The van der Waals surface area contributed by atoms with Crippen LogP contribution in [0.3, 0.4) is 0 Å². The molecule has 2 heterocycles. The molecule has 31 heavy (non-hydrogen) atoms. The first kappa shape index (κ1) is 21.2. The van der Waals surface area contributed by atoms with Gasteiger partial charge in [0.25, 0.3) is 16.8 Å². The molecule has 1 fully saturated rings. The van der Waals surface area contributed by atoms with Gasteiger partial charge in [0.1, 0.15) is 16.5 Å². The minimum Gasteiger partial charge on any atom is -0.457 e. The Bertz CT molecular complexity index is 1250. The van der Waals surface area contributed by atoms with Gasteiger partial charge in [0.05, 0.1) is 16.4 Å². The Morgan fingerprint density at radius 2 is 1.84 bits per heavy atom. The number of amides is 2. The predicted molar refractivity (Wildman–Crippen MR) is 119 cm³/mol. The quantitative estimate of drug-likeness (QED) is 0.241. The van der Waals surface area contributed by atoms with Crippen molar-refractivity contribution in [2.24, 2.45) is 0 Å². The fourth-order valence-corrected chi connectivity index (χ4v) is 4.15. The largest absolute Gasteiger partial charge is 0.457 e. The first-order valence-electron chi connectivity index (χ1n) is 8.86. The molecule has 0 spiro atoms. The molecule has 156 valence electrons. The molecule has 4 rings (SSSR count). The van der Waals surface area contributed by atoms with Crippen LogP contribution >= 0.6 is 35.0 Å². The van der Waals surface area contributed by atoms with E-state index in [9.17, 15) is 19.7 Å². The second-order valence-electron chi connectivity index (χ2n) is 6.48. The smallest absolute Gasteiger partial charge is 0.293 e. The highest BCUT2D eigenvalue weighted by atomic mass is 35.5. The van der Waals surface area contributed by atoms with Crippen molar-refractivity contribution in [1.82, 2.24) is 4.90 Å². The lowest BCUT2D eigenvalue weighted by atomic mass is 10.1. The van der Waals surface area contributed by atoms with E-state index >= 15 is 0 Å². The zero-order chi connectivity index (χ0) is 22.1. The van der Waals surface area contributed by atoms with Gasteiger partial charge in [-0.15, -0.1) is 0 Å². The van der Waals surface area contributed by atoms with Crippen LogP contribution in [0.25, 0.3) is 17.4 Å². The molecule has 0 unspecified atom stereocenters. The Kier molecular flexibility index (Phi) is 5.86. The molecule has 7 nitrogen and oxygen atoms in total. The predicted octanol–water partition coefficient (Wildman–Crippen LogP) is 6.40. The van der Waals surface area contributed by atoms with Gasteiger partial charge in [-0.3, -0.25) is 24.6 Å². The molecular weight excluding hydrogens is 463 g/mol. The molecule has 0 bridgehead atoms. The Balaban J connectivity index is 1.56. The summed E-state index contributed by atoms with van der Waals surface area (Å²) < 4.78 is 5.70. The lowest BCUT2D eigenvalue weighted by Gasteiger charge is -2.13. The topological polar surface area (TPSA) is 93.7 Å². The Morgan fingerprint density at radius 3 is 2.58 bits per heavy atom. The summed E-state index contributed by atoms with van der Waals surface area (Å²) >= 11 is 12.8. The molecule has 10 heteroatoms. The fourth-order valence-electron chi connectivity index (χ4n) is 2.95. The van der Waals surface area contributed by atoms with E-state index < -0.39 is 16.1 Å². The van der Waals surface area contributed by atoms with Crippen molar-refractivity contribution in [1.29, 1.82) is 0 Å². The van der Waals surface area contributed by atoms with E-state index in [1.807, 2.05) is 0 Å². The average Bonchev–Trinajstić information content (AvgIpc) is 3.30. The van der Waals surface area contributed by atoms with Crippen molar-refractivity contribution < 1.29 is 18.9 Å². The van der Waals surface area contributed by atoms with E-state index in [4.69, 9.17) is 27.6 Å². The third-order valence-corrected chi connectivity index (χ3v) is 6.08. The van der Waals surface area contributed by atoms with E-state index in [2.05, 4.69) is 0 Å². The molecule has 2 amide bonds. The summed E-state index contributed by atoms with van der Waals surface area (Å²) in [5, 5.41) is 11.2. The van der Waals surface area contributed by atoms with Gasteiger partial charge < -0.3 is 4.42 Å². The monoisotopic (exact) mass is 474 g/mol. The molecule has 1 saturated heterocycles. The van der Waals surface area contributed by atoms with Crippen LogP contribution in [0.2, 0.25) is 10.0 Å². The number of imide groups is 1. The SMILES string of the molecule is O=C1S/C(=C\c2ccc(-c3ccc(Cl)c([N+](=O)[O-])c3)o2)C(=O)N1Cc1ccccc1Cl. The molecule has 0 atom stereocenters. The number of rotatable bonds is 5. The summed E-state index contributed by atoms with van der Waals surface area (Å²) in [6, 6.07) is 14.5. The van der Waals surface area contributed by atoms with Crippen LogP contribution in [0.15, 0.2) is 63.9 Å². The molecular formula is C21H12Cl2N2O5S. The van der Waals surface area contributed by atoms with Gasteiger partial charge >= 0.3 is 0 Å². The average molecular weight is 475 g/mol. The van der Waals surface area contributed by atoms with E-state index in [1.54, 1.807) is 42.5 Å². The number of nitrogens with zero attached hydrogens (tertiary/aromatic N) is 2. The summed E-state index contributed by atoms with van der Waals surface area (Å²) in [7, 11) is 0. The van der Waals surface area contributed by atoms with Crippen LogP contribution in [0.4, 0.5) is 10.5 Å². The maximum absolute atomic E-state index is 12.7. The van der Waals surface area contributed by atoms with Crippen molar-refractivity contribution in [3.8, 4) is 11.3 Å². The standard InChI is InChI=1S/C21H12Cl2N2O5S/c22-15-4-2-1-3-13(15)11-24-20(26)19(31-21(24)27)10-14-6-8-18(30-14)12-5-7-16(23)17(9-12)25(28)29/h1-10H,11H2/b19-10-. The van der Waals surface area contributed by atoms with Crippen molar-refractivity contribution in [3.05, 3.63) is 91.0 Å². The zero-order valence-corrected chi connectivity index (χ0v) is 17.9. The summed E-state index contributed by atoms with van der Waals surface area (Å²) in [6.45, 7) is 0.0690. The van der Waals surface area contributed by atoms with E-state index in [0.717, 1.165) is 16.7 Å². The van der Waals surface area contributed by atoms with Crippen LogP contribution < -0.4 is 0 Å². The normalized spacial score (nSPS) is 15.2. The van der Waals surface area contributed by atoms with Gasteiger partial charge in [-0.05, 0) is 47.7 Å². The van der Waals surface area contributed by atoms with E-state index in [1.165, 1.54) is 18.2 Å². The highest BCUT2D eigenvalue weighted by molar-refractivity contribution is 8.18. The molecule has 1 aliphatic heterocycles. The van der Waals surface area contributed by atoms with Gasteiger partial charge in [-0.1, -0.05) is 41.4 Å². The van der Waals surface area contributed by atoms with Gasteiger partial charge in [-0.2, -0.15) is 0 Å². The molecule has 0 saturated carbocycles. The number of hydrogen-bond donors (Lipinski definition) is 0. The maximum Gasteiger partial charge on any atom is 0.293 e. The lowest BCUT2D eigenvalue weighted by molar-refractivity contribution is -0.384. The van der Waals surface area contributed by atoms with Gasteiger partial charge in [0.15, 0.2) is 0 Å². The minimum atomic E-state index is -0.579. The zero-order valence-electron chi connectivity index (χ0n) is 15.6. The molecule has 0 radical (unpaired) electrons. The summed E-state index contributed by atoms with van der Waals surface area (Å²) in [5.74, 6) is 0.243. The third kappa shape index (κ3) is 4.36. The molecule has 0 aliphatic carbocycles. The first-order chi connectivity index (χ1) is 14.8. The van der Waals surface area contributed by atoms with Crippen LogP contribution in [-0.2, 0) is 11.3 Å². The van der Waals surface area contributed by atoms with Crippen molar-refractivity contribution >= 4 is 57.9 Å². The molecule has 2 aromatic carbocycles. The molecule has 0 N–H and O–H groups in total.